The average Bonchev–Trinajstić information content (AvgIpc) is 2.92. The number of nitrogens with zero attached hydrogens (tertiary/aromatic N) is 6. The molecular weight excluding hydrogens is 484 g/mol. The van der Waals surface area contributed by atoms with Crippen molar-refractivity contribution in [1.29, 1.82) is 5.26 Å². The van der Waals surface area contributed by atoms with Gasteiger partial charge in [0.1, 0.15) is 23.4 Å². The predicted octanol–water partition coefficient (Wildman–Crippen LogP) is 2.24. The number of nitrogens with one attached hydrogen (secondary N) is 2. The maximum atomic E-state index is 13.3. The summed E-state index contributed by atoms with van der Waals surface area (Å²) in [5.41, 5.74) is 2.64. The number of piperazine rings is 1. The molecule has 38 heavy (non-hydrogen) atoms. The lowest BCUT2D eigenvalue weighted by Crippen LogP contribution is -2.48. The number of carbonyl (C=O) groups is 3. The molecule has 2 aromatic heterocycles. The van der Waals surface area contributed by atoms with Gasteiger partial charge in [0.2, 0.25) is 5.91 Å². The Morgan fingerprint density at radius 1 is 1.29 bits per heavy atom. The van der Waals surface area contributed by atoms with Crippen LogP contribution in [0.4, 0.5) is 22.1 Å². The summed E-state index contributed by atoms with van der Waals surface area (Å²) in [6.45, 7) is 3.00. The van der Waals surface area contributed by atoms with Gasteiger partial charge in [-0.25, -0.2) is 14.8 Å². The van der Waals surface area contributed by atoms with Crippen LogP contribution in [0.25, 0.3) is 0 Å². The van der Waals surface area contributed by atoms with Crippen molar-refractivity contribution in [2.24, 2.45) is 0 Å². The Balaban J connectivity index is 1.52. The molecule has 0 radical (unpaired) electrons. The first-order chi connectivity index (χ1) is 18.4. The molecule has 0 spiro atoms. The highest BCUT2D eigenvalue weighted by Gasteiger charge is 2.28. The summed E-state index contributed by atoms with van der Waals surface area (Å²) >= 11 is 0. The zero-order valence-corrected chi connectivity index (χ0v) is 21.4. The molecule has 4 rings (SSSR count). The molecule has 1 saturated heterocycles. The van der Waals surface area contributed by atoms with Crippen LogP contribution in [-0.2, 0) is 17.8 Å². The van der Waals surface area contributed by atoms with Crippen LogP contribution in [0.5, 0.6) is 0 Å². The van der Waals surface area contributed by atoms with Gasteiger partial charge >= 0.3 is 6.03 Å². The molecule has 0 unspecified atom stereocenters. The van der Waals surface area contributed by atoms with Crippen molar-refractivity contribution in [3.63, 3.8) is 0 Å². The van der Waals surface area contributed by atoms with E-state index in [-0.39, 0.29) is 17.4 Å². The zero-order valence-electron chi connectivity index (χ0n) is 21.4. The quantitative estimate of drug-likeness (QED) is 0.311. The lowest BCUT2D eigenvalue weighted by Gasteiger charge is -2.33. The Kier molecular flexibility index (Phi) is 8.51. The third kappa shape index (κ3) is 6.07. The molecule has 0 aliphatic carbocycles. The number of likely N-dealkylation sites (N-methyl/N-ethyl adjacent to an activating group) is 1. The molecular formula is C27H30N8O3. The van der Waals surface area contributed by atoms with Crippen LogP contribution in [-0.4, -0.2) is 77.8 Å². The number of amides is 3. The number of fused-ring (bicyclic) bond motifs is 1. The van der Waals surface area contributed by atoms with Gasteiger partial charge in [-0.2, -0.15) is 5.26 Å². The number of urea groups is 1. The number of hydrogen-bond acceptors (Lipinski definition) is 8. The Labute approximate surface area is 221 Å². The molecule has 4 heterocycles. The number of pyridine rings is 2. The second-order valence-corrected chi connectivity index (χ2v) is 9.33. The van der Waals surface area contributed by atoms with E-state index in [1.807, 2.05) is 18.0 Å². The Bertz CT molecular complexity index is 1310. The standard InChI is InChI=1S/C27H30N8O3/c1-3-4-5-8-29-22-13-24(30-15-21(22)14-28)32-27(38)35-9-6-7-19-12-20(23(18-36)31-26(19)35)16-34-11-10-33(2)17-25(34)37/h1,12-13,15,18H,4-11,16-17H2,2H3,(H2,29,30,32,38). The third-order valence-electron chi connectivity index (χ3n) is 6.57. The zero-order chi connectivity index (χ0) is 27.1. The number of terminal acetylenes is 1. The van der Waals surface area contributed by atoms with Crippen molar-refractivity contribution in [2.45, 2.75) is 32.2 Å². The van der Waals surface area contributed by atoms with Gasteiger partial charge in [-0.1, -0.05) is 0 Å². The number of unbranched alkanes of at least 4 members (excludes halogenated alkanes) is 1. The monoisotopic (exact) mass is 514 g/mol. The van der Waals surface area contributed by atoms with Crippen molar-refractivity contribution < 1.29 is 14.4 Å². The van der Waals surface area contributed by atoms with Gasteiger partial charge in [0, 0.05) is 57.0 Å². The average molecular weight is 515 g/mol. The van der Waals surface area contributed by atoms with Crippen LogP contribution in [0.1, 0.15) is 46.4 Å². The normalized spacial score (nSPS) is 15.3. The molecule has 2 aromatic rings. The molecule has 2 aliphatic rings. The minimum absolute atomic E-state index is 0.00847. The molecule has 11 nitrogen and oxygen atoms in total. The van der Waals surface area contributed by atoms with E-state index in [4.69, 9.17) is 6.42 Å². The third-order valence-corrected chi connectivity index (χ3v) is 6.57. The maximum Gasteiger partial charge on any atom is 0.328 e. The van der Waals surface area contributed by atoms with E-state index in [1.54, 1.807) is 11.0 Å². The van der Waals surface area contributed by atoms with Crippen molar-refractivity contribution in [2.75, 3.05) is 55.3 Å². The van der Waals surface area contributed by atoms with Crippen molar-refractivity contribution >= 4 is 35.5 Å². The summed E-state index contributed by atoms with van der Waals surface area (Å²) in [7, 11) is 1.90. The van der Waals surface area contributed by atoms with Gasteiger partial charge < -0.3 is 10.2 Å². The first-order valence-corrected chi connectivity index (χ1v) is 12.5. The highest BCUT2D eigenvalue weighted by atomic mass is 16.2. The first-order valence-electron chi connectivity index (χ1n) is 12.5. The lowest BCUT2D eigenvalue weighted by atomic mass is 10.0. The number of nitriles is 1. The number of carbonyl (C=O) groups excluding carboxylic acids is 3. The van der Waals surface area contributed by atoms with Crippen LogP contribution >= 0.6 is 0 Å². The predicted molar refractivity (Wildman–Crippen MR) is 143 cm³/mol. The maximum absolute atomic E-state index is 13.3. The minimum Gasteiger partial charge on any atom is -0.384 e. The second-order valence-electron chi connectivity index (χ2n) is 9.33. The SMILES string of the molecule is C#CCCCNc1cc(NC(=O)N2CCCc3cc(CN4CCN(C)CC4=O)c(C=O)nc32)ncc1C#N. The van der Waals surface area contributed by atoms with Crippen LogP contribution < -0.4 is 15.5 Å². The van der Waals surface area contributed by atoms with Crippen LogP contribution in [0, 0.1) is 23.7 Å². The molecule has 3 amide bonds. The van der Waals surface area contributed by atoms with Crippen LogP contribution in [0.2, 0.25) is 0 Å². The molecule has 196 valence electrons. The summed E-state index contributed by atoms with van der Waals surface area (Å²) < 4.78 is 0. The Hall–Kier alpha value is -4.48. The van der Waals surface area contributed by atoms with Crippen LogP contribution in [0.3, 0.4) is 0 Å². The Morgan fingerprint density at radius 2 is 2.13 bits per heavy atom. The number of hydrogen-bond donors (Lipinski definition) is 2. The van der Waals surface area contributed by atoms with E-state index in [9.17, 15) is 19.6 Å². The number of aryl methyl sites for hydroxylation is 1. The molecule has 2 aliphatic heterocycles. The van der Waals surface area contributed by atoms with E-state index in [0.29, 0.717) is 74.5 Å². The van der Waals surface area contributed by atoms with E-state index in [1.165, 1.54) is 11.1 Å². The van der Waals surface area contributed by atoms with Gasteiger partial charge in [0.05, 0.1) is 17.8 Å². The summed E-state index contributed by atoms with van der Waals surface area (Å²) in [4.78, 5) is 51.6. The van der Waals surface area contributed by atoms with Crippen molar-refractivity contribution in [3.05, 3.63) is 40.7 Å². The highest BCUT2D eigenvalue weighted by Crippen LogP contribution is 2.29. The molecule has 0 bridgehead atoms. The fraction of sp³-hybridized carbons (Fsp3) is 0.407. The fourth-order valence-electron chi connectivity index (χ4n) is 4.53. The molecule has 11 heteroatoms. The van der Waals surface area contributed by atoms with E-state index in [2.05, 4.69) is 32.6 Å². The van der Waals surface area contributed by atoms with Gasteiger partial charge in [0.15, 0.2) is 6.29 Å². The summed E-state index contributed by atoms with van der Waals surface area (Å²) in [5, 5.41) is 15.3. The number of aromatic nitrogens is 2. The number of anilines is 3. The highest BCUT2D eigenvalue weighted by molar-refractivity contribution is 6.01. The second kappa shape index (κ2) is 12.2. The van der Waals surface area contributed by atoms with E-state index < -0.39 is 6.03 Å². The van der Waals surface area contributed by atoms with Gasteiger partial charge in [-0.15, -0.1) is 12.3 Å². The van der Waals surface area contributed by atoms with Crippen molar-refractivity contribution in [3.8, 4) is 18.4 Å². The first kappa shape index (κ1) is 26.6. The number of rotatable bonds is 8. The Morgan fingerprint density at radius 3 is 2.87 bits per heavy atom. The smallest absolute Gasteiger partial charge is 0.328 e. The van der Waals surface area contributed by atoms with Gasteiger partial charge in [0.25, 0.3) is 0 Å². The summed E-state index contributed by atoms with van der Waals surface area (Å²) in [6.07, 6.45) is 10.1. The van der Waals surface area contributed by atoms with Gasteiger partial charge in [-0.05, 0) is 37.9 Å². The topological polar surface area (TPSA) is 135 Å². The molecule has 0 aromatic carbocycles. The lowest BCUT2D eigenvalue weighted by molar-refractivity contribution is -0.136. The molecule has 2 N–H and O–H groups in total. The molecule has 1 fully saturated rings. The molecule has 0 atom stereocenters. The van der Waals surface area contributed by atoms with E-state index in [0.717, 1.165) is 24.9 Å². The number of aldehydes is 1. The van der Waals surface area contributed by atoms with Gasteiger partial charge in [-0.3, -0.25) is 24.7 Å². The fourth-order valence-corrected chi connectivity index (χ4v) is 4.53. The summed E-state index contributed by atoms with van der Waals surface area (Å²) in [5.74, 6) is 3.28. The molecule has 0 saturated carbocycles. The minimum atomic E-state index is -0.437. The summed E-state index contributed by atoms with van der Waals surface area (Å²) in [6, 6.07) is 5.14. The van der Waals surface area contributed by atoms with Crippen LogP contribution in [0.15, 0.2) is 18.3 Å². The van der Waals surface area contributed by atoms with Crippen molar-refractivity contribution in [1.82, 2.24) is 19.8 Å². The van der Waals surface area contributed by atoms with E-state index >= 15 is 0 Å². The largest absolute Gasteiger partial charge is 0.384 e.